The van der Waals surface area contributed by atoms with Crippen molar-refractivity contribution in [3.8, 4) is 0 Å². The van der Waals surface area contributed by atoms with Crippen LogP contribution in [0.15, 0.2) is 0 Å². The molecule has 0 saturated heterocycles. The normalized spacial score (nSPS) is 28.0. The van der Waals surface area contributed by atoms with Crippen LogP contribution < -0.4 is 11.1 Å². The number of amides is 1. The molecule has 0 aliphatic heterocycles. The highest BCUT2D eigenvalue weighted by Crippen LogP contribution is 2.34. The Kier molecular flexibility index (Phi) is 4.54. The van der Waals surface area contributed by atoms with Gasteiger partial charge in [0.25, 0.3) is 0 Å². The van der Waals surface area contributed by atoms with Crippen LogP contribution in [0, 0.1) is 11.3 Å². The molecule has 2 unspecified atom stereocenters. The second-order valence-electron chi connectivity index (χ2n) is 7.37. The lowest BCUT2D eigenvalue weighted by atomic mass is 9.72. The van der Waals surface area contributed by atoms with Crippen LogP contribution in [-0.4, -0.2) is 28.1 Å². The first-order valence-corrected chi connectivity index (χ1v) is 7.27. The number of nitrogens with one attached hydrogen (secondary N) is 1. The van der Waals surface area contributed by atoms with Gasteiger partial charge in [-0.25, -0.2) is 0 Å². The van der Waals surface area contributed by atoms with Gasteiger partial charge >= 0.3 is 5.97 Å². The number of nitrogens with two attached hydrogens (primary N) is 1. The Morgan fingerprint density at radius 3 is 2.30 bits per heavy atom. The van der Waals surface area contributed by atoms with Crippen LogP contribution in [0.5, 0.6) is 0 Å². The maximum absolute atomic E-state index is 12.5. The van der Waals surface area contributed by atoms with Gasteiger partial charge in [-0.05, 0) is 46.5 Å². The predicted octanol–water partition coefficient (Wildman–Crippen LogP) is 1.90. The van der Waals surface area contributed by atoms with Crippen molar-refractivity contribution in [3.63, 3.8) is 0 Å². The van der Waals surface area contributed by atoms with E-state index in [4.69, 9.17) is 5.73 Å². The van der Waals surface area contributed by atoms with Crippen LogP contribution in [-0.2, 0) is 9.59 Å². The maximum Gasteiger partial charge on any atom is 0.311 e. The molecule has 5 heteroatoms. The van der Waals surface area contributed by atoms with E-state index >= 15 is 0 Å². The molecule has 20 heavy (non-hydrogen) atoms. The molecule has 0 aromatic heterocycles. The summed E-state index contributed by atoms with van der Waals surface area (Å²) in [5, 5.41) is 12.2. The first-order valence-electron chi connectivity index (χ1n) is 7.27. The van der Waals surface area contributed by atoms with Gasteiger partial charge in [0, 0.05) is 0 Å². The minimum absolute atomic E-state index is 0.233. The lowest BCUT2D eigenvalue weighted by Crippen LogP contribution is -2.64. The Hall–Kier alpha value is -1.10. The number of carboxylic acid groups (broad SMARTS) is 1. The molecular weight excluding hydrogens is 256 g/mol. The van der Waals surface area contributed by atoms with E-state index in [1.54, 1.807) is 27.7 Å². The van der Waals surface area contributed by atoms with Crippen molar-refractivity contribution in [2.75, 3.05) is 0 Å². The van der Waals surface area contributed by atoms with E-state index in [1.807, 2.05) is 0 Å². The molecule has 1 fully saturated rings. The summed E-state index contributed by atoms with van der Waals surface area (Å²) in [5.41, 5.74) is 3.45. The molecule has 0 spiro atoms. The van der Waals surface area contributed by atoms with Crippen LogP contribution in [0.1, 0.15) is 60.3 Å². The molecule has 1 amide bonds. The molecule has 1 aliphatic carbocycles. The van der Waals surface area contributed by atoms with E-state index in [-0.39, 0.29) is 5.91 Å². The molecule has 2 atom stereocenters. The Morgan fingerprint density at radius 2 is 1.85 bits per heavy atom. The zero-order valence-electron chi connectivity index (χ0n) is 13.2. The van der Waals surface area contributed by atoms with Gasteiger partial charge in [-0.3, -0.25) is 9.59 Å². The largest absolute Gasteiger partial charge is 0.481 e. The third kappa shape index (κ3) is 3.14. The van der Waals surface area contributed by atoms with Crippen LogP contribution in [0.3, 0.4) is 0 Å². The Balaban J connectivity index is 2.86. The second kappa shape index (κ2) is 5.35. The highest BCUT2D eigenvalue weighted by molar-refractivity contribution is 5.88. The molecule has 0 heterocycles. The average molecular weight is 284 g/mol. The van der Waals surface area contributed by atoms with Crippen molar-refractivity contribution in [3.05, 3.63) is 0 Å². The summed E-state index contributed by atoms with van der Waals surface area (Å²) in [6, 6.07) is 0. The molecule has 0 aromatic carbocycles. The predicted molar refractivity (Wildman–Crippen MR) is 78.2 cm³/mol. The molecule has 0 bridgehead atoms. The molecular formula is C15H28N2O3. The molecule has 4 N–H and O–H groups in total. The third-order valence-electron chi connectivity index (χ3n) is 5.01. The van der Waals surface area contributed by atoms with Crippen LogP contribution in [0.25, 0.3) is 0 Å². The third-order valence-corrected chi connectivity index (χ3v) is 5.01. The zero-order chi connectivity index (χ0) is 15.8. The number of carboxylic acids is 1. The Bertz CT molecular complexity index is 404. The molecule has 116 valence electrons. The molecule has 5 nitrogen and oxygen atoms in total. The first kappa shape index (κ1) is 17.0. The highest BCUT2D eigenvalue weighted by Gasteiger charge is 2.47. The number of aliphatic carboxylic acids is 1. The monoisotopic (exact) mass is 284 g/mol. The van der Waals surface area contributed by atoms with Crippen molar-refractivity contribution in [1.29, 1.82) is 0 Å². The van der Waals surface area contributed by atoms with E-state index in [0.29, 0.717) is 18.8 Å². The standard InChI is InChI=1S/C15H28N2O3/c1-10-7-6-8-15(16,9-10)11(18)17-14(4,5)13(2,3)12(19)20/h10H,6-9,16H2,1-5H3,(H,17,18)(H,19,20). The van der Waals surface area contributed by atoms with Crippen molar-refractivity contribution in [2.24, 2.45) is 17.1 Å². The SMILES string of the molecule is CC1CCCC(N)(C(=O)NC(C)(C)C(C)(C)C(=O)O)C1. The summed E-state index contributed by atoms with van der Waals surface area (Å²) in [5.74, 6) is -0.746. The van der Waals surface area contributed by atoms with E-state index in [0.717, 1.165) is 12.8 Å². The summed E-state index contributed by atoms with van der Waals surface area (Å²) in [6.07, 6.45) is 3.35. The van der Waals surface area contributed by atoms with Gasteiger partial charge in [-0.15, -0.1) is 0 Å². The van der Waals surface area contributed by atoms with E-state index < -0.39 is 22.5 Å². The van der Waals surface area contributed by atoms with Crippen LogP contribution in [0.2, 0.25) is 0 Å². The highest BCUT2D eigenvalue weighted by atomic mass is 16.4. The quantitative estimate of drug-likeness (QED) is 0.735. The lowest BCUT2D eigenvalue weighted by Gasteiger charge is -2.43. The fraction of sp³-hybridized carbons (Fsp3) is 0.867. The van der Waals surface area contributed by atoms with Gasteiger partial charge in [0.2, 0.25) is 5.91 Å². The van der Waals surface area contributed by atoms with Crippen LogP contribution in [0.4, 0.5) is 0 Å². The summed E-state index contributed by atoms with van der Waals surface area (Å²) in [6.45, 7) is 8.79. The molecule has 1 rings (SSSR count). The Morgan fingerprint density at radius 1 is 1.30 bits per heavy atom. The minimum Gasteiger partial charge on any atom is -0.481 e. The number of hydrogen-bond donors (Lipinski definition) is 3. The van der Waals surface area contributed by atoms with Crippen molar-refractivity contribution >= 4 is 11.9 Å². The van der Waals surface area contributed by atoms with E-state index in [2.05, 4.69) is 12.2 Å². The van der Waals surface area contributed by atoms with Crippen molar-refractivity contribution < 1.29 is 14.7 Å². The van der Waals surface area contributed by atoms with Gasteiger partial charge in [0.15, 0.2) is 0 Å². The topological polar surface area (TPSA) is 92.4 Å². The fourth-order valence-corrected chi connectivity index (χ4v) is 2.63. The van der Waals surface area contributed by atoms with E-state index in [1.165, 1.54) is 0 Å². The van der Waals surface area contributed by atoms with Gasteiger partial charge in [0.05, 0.1) is 16.5 Å². The molecule has 0 radical (unpaired) electrons. The average Bonchev–Trinajstić information content (AvgIpc) is 2.27. The number of carbonyl (C=O) groups is 2. The number of rotatable bonds is 4. The number of carbonyl (C=O) groups excluding carboxylic acids is 1. The second-order valence-corrected chi connectivity index (χ2v) is 7.37. The van der Waals surface area contributed by atoms with Crippen LogP contribution >= 0.6 is 0 Å². The first-order chi connectivity index (χ1) is 8.92. The van der Waals surface area contributed by atoms with Gasteiger partial charge in [-0.2, -0.15) is 0 Å². The summed E-state index contributed by atoms with van der Waals surface area (Å²) in [4.78, 5) is 23.9. The molecule has 1 aliphatic rings. The molecule has 1 saturated carbocycles. The smallest absolute Gasteiger partial charge is 0.311 e. The lowest BCUT2D eigenvalue weighted by molar-refractivity contribution is -0.152. The number of hydrogen-bond acceptors (Lipinski definition) is 3. The Labute approximate surface area is 121 Å². The summed E-state index contributed by atoms with van der Waals surface area (Å²) in [7, 11) is 0. The van der Waals surface area contributed by atoms with E-state index in [9.17, 15) is 14.7 Å². The van der Waals surface area contributed by atoms with Gasteiger partial charge in [-0.1, -0.05) is 19.8 Å². The zero-order valence-corrected chi connectivity index (χ0v) is 13.2. The van der Waals surface area contributed by atoms with Crippen molar-refractivity contribution in [1.82, 2.24) is 5.32 Å². The molecule has 0 aromatic rings. The summed E-state index contributed by atoms with van der Waals surface area (Å²) >= 11 is 0. The fourth-order valence-electron chi connectivity index (χ4n) is 2.63. The van der Waals surface area contributed by atoms with Crippen molar-refractivity contribution in [2.45, 2.75) is 71.4 Å². The van der Waals surface area contributed by atoms with Gasteiger partial charge in [0.1, 0.15) is 0 Å². The van der Waals surface area contributed by atoms with Gasteiger partial charge < -0.3 is 16.2 Å². The minimum atomic E-state index is -1.07. The maximum atomic E-state index is 12.5. The summed E-state index contributed by atoms with van der Waals surface area (Å²) < 4.78 is 0.